The molecule has 2 aromatic carbocycles. The van der Waals surface area contributed by atoms with Gasteiger partial charge in [0.05, 0.1) is 5.75 Å². The van der Waals surface area contributed by atoms with E-state index in [9.17, 15) is 9.59 Å². The second kappa shape index (κ2) is 8.00. The number of carbonyl (C=O) groups is 2. The topological polar surface area (TPSA) is 58.2 Å². The molecule has 2 N–H and O–H groups in total. The summed E-state index contributed by atoms with van der Waals surface area (Å²) in [5.74, 6) is 0.0705. The van der Waals surface area contributed by atoms with Crippen LogP contribution in [0.4, 0.5) is 11.4 Å². The highest BCUT2D eigenvalue weighted by Crippen LogP contribution is 2.27. The summed E-state index contributed by atoms with van der Waals surface area (Å²) >= 11 is 4.91. The van der Waals surface area contributed by atoms with Crippen molar-refractivity contribution >= 4 is 50.9 Å². The molecule has 0 unspecified atom stereocenters. The van der Waals surface area contributed by atoms with Gasteiger partial charge in [-0.2, -0.15) is 0 Å². The lowest BCUT2D eigenvalue weighted by atomic mass is 10.2. The number of rotatable bonds is 5. The van der Waals surface area contributed by atoms with E-state index in [4.69, 9.17) is 0 Å². The van der Waals surface area contributed by atoms with Crippen LogP contribution in [-0.2, 0) is 9.59 Å². The number of amides is 2. The van der Waals surface area contributed by atoms with E-state index in [1.54, 1.807) is 24.3 Å². The van der Waals surface area contributed by atoms with Gasteiger partial charge in [0.1, 0.15) is 0 Å². The Balaban J connectivity index is 1.92. The summed E-state index contributed by atoms with van der Waals surface area (Å²) < 4.78 is 0.973. The molecule has 0 fully saturated rings. The predicted molar refractivity (Wildman–Crippen MR) is 94.2 cm³/mol. The maximum absolute atomic E-state index is 12.0. The van der Waals surface area contributed by atoms with Gasteiger partial charge < -0.3 is 10.6 Å². The van der Waals surface area contributed by atoms with Gasteiger partial charge in [-0.3, -0.25) is 9.59 Å². The Morgan fingerprint density at radius 3 is 2.41 bits per heavy atom. The zero-order valence-electron chi connectivity index (χ0n) is 11.9. The van der Waals surface area contributed by atoms with E-state index in [0.29, 0.717) is 17.1 Å². The Kier molecular flexibility index (Phi) is 6.03. The van der Waals surface area contributed by atoms with Crippen LogP contribution in [0.3, 0.4) is 0 Å². The first-order chi connectivity index (χ1) is 10.5. The average Bonchev–Trinajstić information content (AvgIpc) is 2.46. The first-order valence-electron chi connectivity index (χ1n) is 6.59. The van der Waals surface area contributed by atoms with Crippen molar-refractivity contribution in [2.24, 2.45) is 0 Å². The minimum atomic E-state index is -0.145. The van der Waals surface area contributed by atoms with E-state index in [0.717, 1.165) is 9.37 Å². The van der Waals surface area contributed by atoms with Crippen LogP contribution < -0.4 is 10.6 Å². The van der Waals surface area contributed by atoms with Crippen molar-refractivity contribution < 1.29 is 9.59 Å². The molecule has 114 valence electrons. The van der Waals surface area contributed by atoms with Gasteiger partial charge in [-0.25, -0.2) is 0 Å². The number of anilines is 2. The molecule has 0 atom stereocenters. The molecule has 0 aromatic heterocycles. The van der Waals surface area contributed by atoms with Crippen LogP contribution >= 0.6 is 27.7 Å². The zero-order valence-corrected chi connectivity index (χ0v) is 14.3. The molecule has 0 aliphatic rings. The number of hydrogen-bond donors (Lipinski definition) is 2. The molecule has 0 aliphatic heterocycles. The molecule has 0 bridgehead atoms. The van der Waals surface area contributed by atoms with Crippen molar-refractivity contribution in [3.63, 3.8) is 0 Å². The average molecular weight is 379 g/mol. The third-order valence-corrected chi connectivity index (χ3v) is 4.69. The molecule has 6 heteroatoms. The maximum Gasteiger partial charge on any atom is 0.234 e. The molecule has 2 amide bonds. The third kappa shape index (κ3) is 5.20. The van der Waals surface area contributed by atoms with Crippen LogP contribution in [0.5, 0.6) is 0 Å². The largest absolute Gasteiger partial charge is 0.326 e. The highest BCUT2D eigenvalue weighted by atomic mass is 79.9. The van der Waals surface area contributed by atoms with Crippen LogP contribution in [0, 0.1) is 0 Å². The zero-order chi connectivity index (χ0) is 15.9. The van der Waals surface area contributed by atoms with Gasteiger partial charge in [0, 0.05) is 27.7 Å². The monoisotopic (exact) mass is 378 g/mol. The van der Waals surface area contributed by atoms with Gasteiger partial charge in [0.2, 0.25) is 11.8 Å². The van der Waals surface area contributed by atoms with E-state index in [2.05, 4.69) is 26.6 Å². The number of benzene rings is 2. The van der Waals surface area contributed by atoms with Gasteiger partial charge in [-0.1, -0.05) is 18.2 Å². The van der Waals surface area contributed by atoms with Crippen LogP contribution in [0.15, 0.2) is 57.9 Å². The van der Waals surface area contributed by atoms with Crippen LogP contribution in [0.2, 0.25) is 0 Å². The van der Waals surface area contributed by atoms with Crippen molar-refractivity contribution in [3.05, 3.63) is 53.0 Å². The quantitative estimate of drug-likeness (QED) is 0.768. The number of hydrogen-bond acceptors (Lipinski definition) is 3. The summed E-state index contributed by atoms with van der Waals surface area (Å²) in [6.07, 6.45) is 0. The second-order valence-corrected chi connectivity index (χ2v) is 6.40. The normalized spacial score (nSPS) is 10.1. The lowest BCUT2D eigenvalue weighted by Crippen LogP contribution is -2.14. The van der Waals surface area contributed by atoms with Crippen molar-refractivity contribution in [2.45, 2.75) is 11.8 Å². The summed E-state index contributed by atoms with van der Waals surface area (Å²) in [5, 5.41) is 5.50. The van der Waals surface area contributed by atoms with Crippen molar-refractivity contribution in [1.29, 1.82) is 0 Å². The summed E-state index contributed by atoms with van der Waals surface area (Å²) in [6.45, 7) is 1.44. The number of thioether (sulfide) groups is 1. The van der Waals surface area contributed by atoms with Gasteiger partial charge in [-0.15, -0.1) is 11.8 Å². The van der Waals surface area contributed by atoms with E-state index in [1.165, 1.54) is 18.7 Å². The number of halogens is 1. The Hall–Kier alpha value is -1.79. The van der Waals surface area contributed by atoms with Crippen LogP contribution in [0.25, 0.3) is 0 Å². The molecule has 22 heavy (non-hydrogen) atoms. The Bertz CT molecular complexity index is 691. The number of nitrogens with one attached hydrogen (secondary N) is 2. The standard InChI is InChI=1S/C16H15BrN2O2S/c1-11(20)18-12-5-4-6-13(9-12)19-16(21)10-22-15-8-3-2-7-14(15)17/h2-9H,10H2,1H3,(H,18,20)(H,19,21). The minimum Gasteiger partial charge on any atom is -0.326 e. The smallest absolute Gasteiger partial charge is 0.234 e. The second-order valence-electron chi connectivity index (χ2n) is 4.53. The Morgan fingerprint density at radius 2 is 1.73 bits per heavy atom. The molecule has 0 radical (unpaired) electrons. The SMILES string of the molecule is CC(=O)Nc1cccc(NC(=O)CSc2ccccc2Br)c1. The molecule has 0 saturated heterocycles. The van der Waals surface area contributed by atoms with E-state index in [-0.39, 0.29) is 11.8 Å². The highest BCUT2D eigenvalue weighted by molar-refractivity contribution is 9.10. The van der Waals surface area contributed by atoms with Crippen LogP contribution in [0.1, 0.15) is 6.92 Å². The van der Waals surface area contributed by atoms with E-state index >= 15 is 0 Å². The van der Waals surface area contributed by atoms with E-state index in [1.807, 2.05) is 24.3 Å². The van der Waals surface area contributed by atoms with Gasteiger partial charge in [0.25, 0.3) is 0 Å². The summed E-state index contributed by atoms with van der Waals surface area (Å²) in [4.78, 5) is 24.0. The fourth-order valence-corrected chi connectivity index (χ4v) is 3.15. The highest BCUT2D eigenvalue weighted by Gasteiger charge is 2.06. The third-order valence-electron chi connectivity index (χ3n) is 2.66. The fraction of sp³-hybridized carbons (Fsp3) is 0.125. The van der Waals surface area contributed by atoms with Crippen LogP contribution in [-0.4, -0.2) is 17.6 Å². The predicted octanol–water partition coefficient (Wildman–Crippen LogP) is 4.14. The van der Waals surface area contributed by atoms with Gasteiger partial charge in [-0.05, 0) is 46.3 Å². The lowest BCUT2D eigenvalue weighted by Gasteiger charge is -2.08. The molecule has 0 saturated carbocycles. The minimum absolute atomic E-state index is 0.0965. The summed E-state index contributed by atoms with van der Waals surface area (Å²) in [5.41, 5.74) is 1.31. The molecular formula is C16H15BrN2O2S. The molecular weight excluding hydrogens is 364 g/mol. The molecule has 0 aliphatic carbocycles. The molecule has 4 nitrogen and oxygen atoms in total. The first-order valence-corrected chi connectivity index (χ1v) is 8.37. The van der Waals surface area contributed by atoms with Crippen molar-refractivity contribution in [3.8, 4) is 0 Å². The molecule has 2 aromatic rings. The lowest BCUT2D eigenvalue weighted by molar-refractivity contribution is -0.114. The Morgan fingerprint density at radius 1 is 1.05 bits per heavy atom. The Labute approximate surface area is 141 Å². The molecule has 0 heterocycles. The maximum atomic E-state index is 12.0. The van der Waals surface area contributed by atoms with Gasteiger partial charge >= 0.3 is 0 Å². The summed E-state index contributed by atoms with van der Waals surface area (Å²) in [7, 11) is 0. The van der Waals surface area contributed by atoms with Gasteiger partial charge in [0.15, 0.2) is 0 Å². The fourth-order valence-electron chi connectivity index (χ4n) is 1.78. The van der Waals surface area contributed by atoms with E-state index < -0.39 is 0 Å². The molecule has 0 spiro atoms. The van der Waals surface area contributed by atoms with Crippen molar-refractivity contribution in [1.82, 2.24) is 0 Å². The first kappa shape index (κ1) is 16.6. The number of carbonyl (C=O) groups excluding carboxylic acids is 2. The summed E-state index contributed by atoms with van der Waals surface area (Å²) in [6, 6.07) is 14.8. The van der Waals surface area contributed by atoms with Crippen molar-refractivity contribution in [2.75, 3.05) is 16.4 Å². The molecule has 2 rings (SSSR count).